The lowest BCUT2D eigenvalue weighted by atomic mass is 9.95. The molecule has 1 heterocycles. The van der Waals surface area contributed by atoms with E-state index in [4.69, 9.17) is 0 Å². The van der Waals surface area contributed by atoms with Gasteiger partial charge in [-0.1, -0.05) is 0 Å². The Morgan fingerprint density at radius 2 is 2.06 bits per heavy atom. The van der Waals surface area contributed by atoms with Crippen LogP contribution in [0.5, 0.6) is 0 Å². The molecule has 0 aromatic carbocycles. The van der Waals surface area contributed by atoms with E-state index in [1.807, 2.05) is 0 Å². The van der Waals surface area contributed by atoms with Crippen molar-refractivity contribution in [3.63, 3.8) is 0 Å². The van der Waals surface area contributed by atoms with E-state index in [2.05, 4.69) is 9.97 Å². The summed E-state index contributed by atoms with van der Waals surface area (Å²) in [5.41, 5.74) is 0. The van der Waals surface area contributed by atoms with Gasteiger partial charge in [-0.15, -0.1) is 0 Å². The highest BCUT2D eigenvalue weighted by molar-refractivity contribution is 7.89. The number of ketones is 1. The molecular weight excluding hydrogens is 242 g/mol. The number of carbonyl (C=O) groups excluding carboxylic acids is 1. The van der Waals surface area contributed by atoms with Crippen LogP contribution in [0.4, 0.5) is 0 Å². The maximum Gasteiger partial charge on any atom is 0.260 e. The van der Waals surface area contributed by atoms with E-state index < -0.39 is 10.0 Å². The highest BCUT2D eigenvalue weighted by Crippen LogP contribution is 2.23. The summed E-state index contributed by atoms with van der Waals surface area (Å²) < 4.78 is 25.6. The summed E-state index contributed by atoms with van der Waals surface area (Å²) in [6.07, 6.45) is 4.76. The second-order valence-electron chi connectivity index (χ2n) is 4.21. The van der Waals surface area contributed by atoms with E-state index in [0.717, 1.165) is 0 Å². The highest BCUT2D eigenvalue weighted by atomic mass is 32.2. The van der Waals surface area contributed by atoms with Gasteiger partial charge in [0.1, 0.15) is 5.78 Å². The molecule has 94 valence electrons. The first-order valence-corrected chi connectivity index (χ1v) is 6.94. The number of Topliss-reactive ketones (excluding diaryl/α,β-unsaturated/α-hetero) is 1. The normalized spacial score (nSPS) is 18.8. The molecule has 1 fully saturated rings. The number of nitrogens with one attached hydrogen (secondary N) is 1. The van der Waals surface area contributed by atoms with Gasteiger partial charge in [0, 0.05) is 25.9 Å². The molecule has 1 saturated carbocycles. The molecule has 0 atom stereocenters. The Kier molecular flexibility index (Phi) is 3.30. The van der Waals surface area contributed by atoms with Crippen molar-refractivity contribution in [3.05, 3.63) is 12.5 Å². The number of nitrogens with zero attached hydrogens (tertiary/aromatic N) is 2. The van der Waals surface area contributed by atoms with Crippen molar-refractivity contribution in [2.45, 2.75) is 36.8 Å². The summed E-state index contributed by atoms with van der Waals surface area (Å²) in [7, 11) is -1.96. The Balaban J connectivity index is 2.15. The van der Waals surface area contributed by atoms with Crippen molar-refractivity contribution >= 4 is 15.8 Å². The Morgan fingerprint density at radius 1 is 1.41 bits per heavy atom. The number of carbonyl (C=O) groups is 1. The van der Waals surface area contributed by atoms with Crippen LogP contribution in [-0.2, 0) is 14.8 Å². The predicted octanol–water partition coefficient (Wildman–Crippen LogP) is 0.542. The number of aromatic nitrogens is 2. The van der Waals surface area contributed by atoms with Gasteiger partial charge in [-0.25, -0.2) is 13.4 Å². The molecule has 0 amide bonds. The fraction of sp³-hybridized carbons (Fsp3) is 0.600. The number of rotatable bonds is 3. The van der Waals surface area contributed by atoms with Crippen molar-refractivity contribution in [2.75, 3.05) is 7.05 Å². The summed E-state index contributed by atoms with van der Waals surface area (Å²) in [4.78, 5) is 17.4. The van der Waals surface area contributed by atoms with Crippen LogP contribution in [0.2, 0.25) is 0 Å². The average molecular weight is 257 g/mol. The van der Waals surface area contributed by atoms with Gasteiger partial charge >= 0.3 is 0 Å². The fourth-order valence-corrected chi connectivity index (χ4v) is 3.33. The van der Waals surface area contributed by atoms with Gasteiger partial charge in [0.05, 0.1) is 12.5 Å². The first-order valence-electron chi connectivity index (χ1n) is 5.50. The third kappa shape index (κ3) is 2.39. The topological polar surface area (TPSA) is 83.1 Å². The zero-order valence-electron chi connectivity index (χ0n) is 9.59. The zero-order chi connectivity index (χ0) is 12.5. The van der Waals surface area contributed by atoms with E-state index in [1.54, 1.807) is 7.05 Å². The number of imidazole rings is 1. The molecule has 1 aliphatic carbocycles. The Hall–Kier alpha value is -1.21. The molecule has 6 nitrogen and oxygen atoms in total. The molecule has 1 aromatic heterocycles. The standard InChI is InChI=1S/C10H15N3O3S/c1-13(8-2-4-9(14)5-3-8)17(15,16)10-6-11-7-12-10/h6-8H,2-5H2,1H3,(H,11,12). The van der Waals surface area contributed by atoms with Crippen LogP contribution < -0.4 is 0 Å². The SMILES string of the molecule is CN(C1CCC(=O)CC1)S(=O)(=O)c1cnc[nH]1. The minimum absolute atomic E-state index is 0.0944. The quantitative estimate of drug-likeness (QED) is 0.856. The van der Waals surface area contributed by atoms with Gasteiger partial charge in [-0.05, 0) is 12.8 Å². The molecule has 1 aromatic rings. The van der Waals surface area contributed by atoms with Crippen molar-refractivity contribution in [3.8, 4) is 0 Å². The van der Waals surface area contributed by atoms with Crippen LogP contribution in [0, 0.1) is 0 Å². The van der Waals surface area contributed by atoms with Gasteiger partial charge < -0.3 is 4.98 Å². The van der Waals surface area contributed by atoms with Crippen LogP contribution in [0.15, 0.2) is 17.6 Å². The van der Waals surface area contributed by atoms with Crippen molar-refractivity contribution < 1.29 is 13.2 Å². The largest absolute Gasteiger partial charge is 0.335 e. The van der Waals surface area contributed by atoms with Gasteiger partial charge in [0.25, 0.3) is 10.0 Å². The van der Waals surface area contributed by atoms with Crippen molar-refractivity contribution in [1.82, 2.24) is 14.3 Å². The number of H-pyrrole nitrogens is 1. The predicted molar refractivity (Wildman–Crippen MR) is 60.8 cm³/mol. The van der Waals surface area contributed by atoms with E-state index in [1.165, 1.54) is 16.8 Å². The van der Waals surface area contributed by atoms with Crippen LogP contribution >= 0.6 is 0 Å². The van der Waals surface area contributed by atoms with E-state index >= 15 is 0 Å². The lowest BCUT2D eigenvalue weighted by Crippen LogP contribution is -2.39. The molecule has 1 aliphatic rings. The van der Waals surface area contributed by atoms with Gasteiger partial charge in [-0.2, -0.15) is 4.31 Å². The monoisotopic (exact) mass is 257 g/mol. The van der Waals surface area contributed by atoms with Gasteiger partial charge in [0.2, 0.25) is 0 Å². The molecule has 0 unspecified atom stereocenters. The molecule has 7 heteroatoms. The van der Waals surface area contributed by atoms with Crippen LogP contribution in [0.3, 0.4) is 0 Å². The van der Waals surface area contributed by atoms with E-state index in [0.29, 0.717) is 25.7 Å². The second-order valence-corrected chi connectivity index (χ2v) is 6.17. The zero-order valence-corrected chi connectivity index (χ0v) is 10.4. The van der Waals surface area contributed by atoms with Crippen LogP contribution in [-0.4, -0.2) is 41.6 Å². The van der Waals surface area contributed by atoms with Crippen molar-refractivity contribution in [1.29, 1.82) is 0 Å². The molecule has 0 radical (unpaired) electrons. The first-order chi connectivity index (χ1) is 8.01. The first kappa shape index (κ1) is 12.3. The molecule has 1 N–H and O–H groups in total. The molecule has 2 rings (SSSR count). The molecule has 0 aliphatic heterocycles. The maximum atomic E-state index is 12.1. The second kappa shape index (κ2) is 4.58. The molecule has 0 spiro atoms. The lowest BCUT2D eigenvalue weighted by molar-refractivity contribution is -0.120. The number of sulfonamides is 1. The molecule has 0 saturated heterocycles. The van der Waals surface area contributed by atoms with Gasteiger partial charge in [0.15, 0.2) is 5.03 Å². The lowest BCUT2D eigenvalue weighted by Gasteiger charge is -2.29. The average Bonchev–Trinajstić information content (AvgIpc) is 2.83. The third-order valence-corrected chi connectivity index (χ3v) is 4.99. The minimum atomic E-state index is -3.51. The third-order valence-electron chi connectivity index (χ3n) is 3.16. The Labute approximate surface area is 100 Å². The van der Waals surface area contributed by atoms with Crippen molar-refractivity contribution in [2.24, 2.45) is 0 Å². The number of hydrogen-bond donors (Lipinski definition) is 1. The van der Waals surface area contributed by atoms with Gasteiger partial charge in [-0.3, -0.25) is 4.79 Å². The smallest absolute Gasteiger partial charge is 0.260 e. The number of hydrogen-bond acceptors (Lipinski definition) is 4. The Morgan fingerprint density at radius 3 is 2.59 bits per heavy atom. The maximum absolute atomic E-state index is 12.1. The minimum Gasteiger partial charge on any atom is -0.335 e. The number of aromatic amines is 1. The summed E-state index contributed by atoms with van der Waals surface area (Å²) >= 11 is 0. The van der Waals surface area contributed by atoms with Crippen LogP contribution in [0.25, 0.3) is 0 Å². The summed E-state index contributed by atoms with van der Waals surface area (Å²) in [6, 6.07) is -0.0963. The summed E-state index contributed by atoms with van der Waals surface area (Å²) in [5, 5.41) is 0.0944. The molecule has 17 heavy (non-hydrogen) atoms. The van der Waals surface area contributed by atoms with Crippen LogP contribution in [0.1, 0.15) is 25.7 Å². The fourth-order valence-electron chi connectivity index (χ4n) is 2.02. The Bertz CT molecular complexity index is 485. The summed E-state index contributed by atoms with van der Waals surface area (Å²) in [5.74, 6) is 0.216. The highest BCUT2D eigenvalue weighted by Gasteiger charge is 2.31. The molecule has 0 bridgehead atoms. The van der Waals surface area contributed by atoms with E-state index in [9.17, 15) is 13.2 Å². The molecular formula is C10H15N3O3S. The van der Waals surface area contributed by atoms with E-state index in [-0.39, 0.29) is 16.9 Å². The summed E-state index contributed by atoms with van der Waals surface area (Å²) in [6.45, 7) is 0.